The molecule has 1 aliphatic heterocycles. The number of fused-ring (bicyclic) bond motifs is 1. The summed E-state index contributed by atoms with van der Waals surface area (Å²) in [6.45, 7) is 0.0944. The molecule has 132 valence electrons. The second-order valence-corrected chi connectivity index (χ2v) is 5.58. The second kappa shape index (κ2) is 6.25. The summed E-state index contributed by atoms with van der Waals surface area (Å²) in [5, 5.41) is 9.37. The Labute approximate surface area is 147 Å². The molecule has 0 unspecified atom stereocenters. The van der Waals surface area contributed by atoms with Crippen molar-refractivity contribution in [3.05, 3.63) is 55.7 Å². The van der Waals surface area contributed by atoms with Crippen LogP contribution in [-0.4, -0.2) is 21.7 Å². The van der Waals surface area contributed by atoms with Crippen molar-refractivity contribution >= 4 is 17.7 Å². The number of Topliss-reactive ketones (excluding diaryl/α,β-unsaturated/α-hetero) is 1. The number of hydrogen-bond acceptors (Lipinski definition) is 7. The van der Waals surface area contributed by atoms with Crippen molar-refractivity contribution in [2.24, 2.45) is 14.1 Å². The number of allylic oxidation sites excluding steroid dienone is 1. The second-order valence-electron chi connectivity index (χ2n) is 5.58. The minimum absolute atomic E-state index is 0.0944. The number of ketones is 1. The van der Waals surface area contributed by atoms with Gasteiger partial charge < -0.3 is 15.2 Å². The predicted octanol–water partition coefficient (Wildman–Crippen LogP) is 0.185. The molecule has 2 N–H and O–H groups in total. The van der Waals surface area contributed by atoms with Gasteiger partial charge in [-0.1, -0.05) is 6.07 Å². The number of rotatable bonds is 3. The van der Waals surface area contributed by atoms with Crippen molar-refractivity contribution in [1.29, 1.82) is 5.26 Å². The first-order valence-electron chi connectivity index (χ1n) is 7.46. The van der Waals surface area contributed by atoms with Gasteiger partial charge in [0.1, 0.15) is 23.0 Å². The molecule has 1 aliphatic rings. The lowest BCUT2D eigenvalue weighted by Crippen LogP contribution is -2.41. The number of carbonyl (C=O) groups is 1. The number of nitriles is 1. The average Bonchev–Trinajstić information content (AvgIpc) is 3.10. The molecule has 0 saturated carbocycles. The molecule has 0 saturated heterocycles. The third kappa shape index (κ3) is 2.63. The number of anilines is 1. The number of nitrogens with two attached hydrogens (primary N) is 1. The first-order valence-corrected chi connectivity index (χ1v) is 7.46. The topological polar surface area (TPSA) is 129 Å². The van der Waals surface area contributed by atoms with E-state index < -0.39 is 22.6 Å². The lowest BCUT2D eigenvalue weighted by Gasteiger charge is -2.10. The van der Waals surface area contributed by atoms with Gasteiger partial charge >= 0.3 is 5.69 Å². The molecule has 2 heterocycles. The molecule has 9 nitrogen and oxygen atoms in total. The number of benzene rings is 1. The zero-order chi connectivity index (χ0) is 19.0. The summed E-state index contributed by atoms with van der Waals surface area (Å²) >= 11 is 0. The zero-order valence-electron chi connectivity index (χ0n) is 14.0. The third-order valence-electron chi connectivity index (χ3n) is 4.01. The molecule has 0 aliphatic carbocycles. The van der Waals surface area contributed by atoms with E-state index in [1.807, 2.05) is 0 Å². The van der Waals surface area contributed by atoms with Crippen molar-refractivity contribution in [1.82, 2.24) is 9.13 Å². The van der Waals surface area contributed by atoms with Gasteiger partial charge in [-0.2, -0.15) is 5.26 Å². The van der Waals surface area contributed by atoms with Crippen LogP contribution >= 0.6 is 0 Å². The van der Waals surface area contributed by atoms with Crippen LogP contribution in [0.25, 0.3) is 6.08 Å². The summed E-state index contributed by atoms with van der Waals surface area (Å²) in [6, 6.07) is 6.66. The molecular formula is C17H14N4O5. The van der Waals surface area contributed by atoms with Crippen LogP contribution < -0.4 is 26.5 Å². The number of ether oxygens (including phenoxy) is 2. The SMILES string of the molecule is Cn1c(N)c(C(=O)/C(C#N)=C/c2ccc3c(c2)OCO3)c(=O)n(C)c1=O. The highest BCUT2D eigenvalue weighted by Crippen LogP contribution is 2.33. The average molecular weight is 354 g/mol. The minimum Gasteiger partial charge on any atom is -0.454 e. The van der Waals surface area contributed by atoms with E-state index in [0.717, 1.165) is 9.13 Å². The minimum atomic E-state index is -0.862. The van der Waals surface area contributed by atoms with Crippen LogP contribution in [0.2, 0.25) is 0 Å². The Kier molecular flexibility index (Phi) is 4.10. The molecule has 0 fully saturated rings. The molecular weight excluding hydrogens is 340 g/mol. The van der Waals surface area contributed by atoms with E-state index in [4.69, 9.17) is 15.2 Å². The lowest BCUT2D eigenvalue weighted by molar-refractivity contribution is 0.103. The van der Waals surface area contributed by atoms with Crippen LogP contribution in [0.1, 0.15) is 15.9 Å². The Bertz CT molecular complexity index is 1120. The van der Waals surface area contributed by atoms with E-state index in [2.05, 4.69) is 0 Å². The molecule has 0 amide bonds. The molecule has 0 atom stereocenters. The van der Waals surface area contributed by atoms with Gasteiger partial charge in [-0.3, -0.25) is 18.7 Å². The Morgan fingerprint density at radius 2 is 1.92 bits per heavy atom. The smallest absolute Gasteiger partial charge is 0.332 e. The van der Waals surface area contributed by atoms with E-state index in [1.165, 1.54) is 20.2 Å². The van der Waals surface area contributed by atoms with Gasteiger partial charge in [0, 0.05) is 14.1 Å². The summed E-state index contributed by atoms with van der Waals surface area (Å²) in [5.41, 5.74) is 4.03. The quantitative estimate of drug-likeness (QED) is 0.473. The van der Waals surface area contributed by atoms with E-state index in [9.17, 15) is 19.6 Å². The van der Waals surface area contributed by atoms with Crippen LogP contribution in [-0.2, 0) is 14.1 Å². The standard InChI is InChI=1S/C17H14N4O5/c1-20-15(19)13(16(23)21(2)17(20)24)14(22)10(7-18)5-9-3-4-11-12(6-9)26-8-25-11/h3-6H,8,19H2,1-2H3/b10-5+. The number of nitrogens with zero attached hydrogens (tertiary/aromatic N) is 3. The van der Waals surface area contributed by atoms with Crippen LogP contribution in [0.5, 0.6) is 11.5 Å². The van der Waals surface area contributed by atoms with E-state index in [-0.39, 0.29) is 18.2 Å². The largest absolute Gasteiger partial charge is 0.454 e. The highest BCUT2D eigenvalue weighted by atomic mass is 16.7. The normalized spacial score (nSPS) is 12.7. The molecule has 26 heavy (non-hydrogen) atoms. The van der Waals surface area contributed by atoms with Gasteiger partial charge in [-0.05, 0) is 23.8 Å². The Morgan fingerprint density at radius 3 is 2.62 bits per heavy atom. The summed E-state index contributed by atoms with van der Waals surface area (Å²) in [4.78, 5) is 36.9. The van der Waals surface area contributed by atoms with Crippen molar-refractivity contribution in [3.63, 3.8) is 0 Å². The first-order chi connectivity index (χ1) is 12.3. The fraction of sp³-hybridized carbons (Fsp3) is 0.176. The van der Waals surface area contributed by atoms with Crippen molar-refractivity contribution in [2.75, 3.05) is 12.5 Å². The lowest BCUT2D eigenvalue weighted by atomic mass is 10.0. The maximum Gasteiger partial charge on any atom is 0.332 e. The van der Waals surface area contributed by atoms with Crippen LogP contribution in [0, 0.1) is 11.3 Å². The van der Waals surface area contributed by atoms with Crippen molar-refractivity contribution < 1.29 is 14.3 Å². The summed E-state index contributed by atoms with van der Waals surface area (Å²) in [5.74, 6) is -0.113. The number of carbonyl (C=O) groups excluding carboxylic acids is 1. The molecule has 0 spiro atoms. The van der Waals surface area contributed by atoms with Gasteiger partial charge in [-0.15, -0.1) is 0 Å². The summed E-state index contributed by atoms with van der Waals surface area (Å²) in [6.07, 6.45) is 1.31. The molecule has 1 aromatic heterocycles. The monoisotopic (exact) mass is 354 g/mol. The van der Waals surface area contributed by atoms with Crippen LogP contribution in [0.15, 0.2) is 33.4 Å². The van der Waals surface area contributed by atoms with Gasteiger partial charge in [0.2, 0.25) is 12.6 Å². The summed E-state index contributed by atoms with van der Waals surface area (Å²) < 4.78 is 12.2. The van der Waals surface area contributed by atoms with Gasteiger partial charge in [0.15, 0.2) is 11.5 Å². The van der Waals surface area contributed by atoms with Crippen LogP contribution in [0.3, 0.4) is 0 Å². The fourth-order valence-electron chi connectivity index (χ4n) is 2.53. The Balaban J connectivity index is 2.10. The molecule has 1 aromatic carbocycles. The van der Waals surface area contributed by atoms with Crippen LogP contribution in [0.4, 0.5) is 5.82 Å². The van der Waals surface area contributed by atoms with Gasteiger partial charge in [0.05, 0.1) is 0 Å². The molecule has 3 rings (SSSR count). The van der Waals surface area contributed by atoms with E-state index >= 15 is 0 Å². The molecule has 2 aromatic rings. The highest BCUT2D eigenvalue weighted by Gasteiger charge is 2.23. The molecule has 0 radical (unpaired) electrons. The number of nitrogen functional groups attached to an aromatic ring is 1. The maximum absolute atomic E-state index is 12.7. The maximum atomic E-state index is 12.7. The Morgan fingerprint density at radius 1 is 1.23 bits per heavy atom. The van der Waals surface area contributed by atoms with Crippen molar-refractivity contribution in [2.45, 2.75) is 0 Å². The molecule has 9 heteroatoms. The fourth-order valence-corrected chi connectivity index (χ4v) is 2.53. The van der Waals surface area contributed by atoms with Gasteiger partial charge in [0.25, 0.3) is 5.56 Å². The number of hydrogen-bond donors (Lipinski definition) is 1. The highest BCUT2D eigenvalue weighted by molar-refractivity contribution is 6.16. The third-order valence-corrected chi connectivity index (χ3v) is 4.01. The Hall–Kier alpha value is -3.80. The van der Waals surface area contributed by atoms with Gasteiger partial charge in [-0.25, -0.2) is 4.79 Å². The predicted molar refractivity (Wildman–Crippen MR) is 91.8 cm³/mol. The number of aromatic nitrogens is 2. The first kappa shape index (κ1) is 17.0. The molecule has 0 bridgehead atoms. The zero-order valence-corrected chi connectivity index (χ0v) is 14.0. The van der Waals surface area contributed by atoms with Crippen molar-refractivity contribution in [3.8, 4) is 17.6 Å². The van der Waals surface area contributed by atoms with E-state index in [0.29, 0.717) is 17.1 Å². The van der Waals surface area contributed by atoms with E-state index in [1.54, 1.807) is 24.3 Å². The summed E-state index contributed by atoms with van der Waals surface area (Å²) in [7, 11) is 2.57.